The van der Waals surface area contributed by atoms with Crippen LogP contribution in [0, 0.1) is 11.8 Å². The summed E-state index contributed by atoms with van der Waals surface area (Å²) in [4.78, 5) is 31.4. The molecule has 0 spiro atoms. The molecule has 140 valence electrons. The minimum Gasteiger partial charge on any atom is -0.497 e. The van der Waals surface area contributed by atoms with Crippen LogP contribution in [0.4, 0.5) is 5.69 Å². The van der Waals surface area contributed by atoms with Crippen LogP contribution in [0.3, 0.4) is 0 Å². The lowest BCUT2D eigenvalue weighted by Gasteiger charge is -2.36. The summed E-state index contributed by atoms with van der Waals surface area (Å²) in [5.74, 6) is 1.11. The van der Waals surface area contributed by atoms with Crippen molar-refractivity contribution >= 4 is 17.5 Å². The van der Waals surface area contributed by atoms with E-state index in [4.69, 9.17) is 4.74 Å². The third-order valence-electron chi connectivity index (χ3n) is 5.87. The molecule has 1 aliphatic carbocycles. The lowest BCUT2D eigenvalue weighted by molar-refractivity contribution is -0.137. The highest BCUT2D eigenvalue weighted by Crippen LogP contribution is 2.42. The molecule has 1 aromatic carbocycles. The monoisotopic (exact) mass is 357 g/mol. The van der Waals surface area contributed by atoms with Crippen molar-refractivity contribution in [2.24, 2.45) is 11.8 Å². The number of anilines is 1. The molecule has 26 heavy (non-hydrogen) atoms. The van der Waals surface area contributed by atoms with E-state index in [-0.39, 0.29) is 23.7 Å². The molecule has 0 radical (unpaired) electrons. The normalized spacial score (nSPS) is 25.3. The zero-order chi connectivity index (χ0) is 18.1. The van der Waals surface area contributed by atoms with E-state index in [1.165, 1.54) is 0 Å². The van der Waals surface area contributed by atoms with Gasteiger partial charge in [-0.2, -0.15) is 0 Å². The fourth-order valence-corrected chi connectivity index (χ4v) is 4.13. The fraction of sp³-hybridized carbons (Fsp3) is 0.600. The van der Waals surface area contributed by atoms with Gasteiger partial charge in [-0.05, 0) is 43.5 Å². The Kier molecular flexibility index (Phi) is 4.74. The molecule has 0 N–H and O–H groups in total. The van der Waals surface area contributed by atoms with Gasteiger partial charge < -0.3 is 19.4 Å². The lowest BCUT2D eigenvalue weighted by atomic mass is 10.2. The van der Waals surface area contributed by atoms with E-state index in [0.717, 1.165) is 70.0 Å². The smallest absolute Gasteiger partial charge is 0.226 e. The van der Waals surface area contributed by atoms with Crippen molar-refractivity contribution in [2.45, 2.75) is 19.3 Å². The van der Waals surface area contributed by atoms with Crippen LogP contribution in [-0.2, 0) is 9.59 Å². The molecule has 3 fully saturated rings. The predicted molar refractivity (Wildman–Crippen MR) is 99.2 cm³/mol. The number of hydrogen-bond acceptors (Lipinski definition) is 4. The standard InChI is InChI=1S/C20H27N3O3/c1-26-16-6-4-15(5-7-16)21-10-12-23(13-11-21)20(25)18-14-17(18)19(24)22-8-2-3-9-22/h4-7,17-18H,2-3,8-14H2,1H3. The van der Waals surface area contributed by atoms with Crippen LogP contribution >= 0.6 is 0 Å². The highest BCUT2D eigenvalue weighted by atomic mass is 16.5. The molecule has 1 aromatic rings. The largest absolute Gasteiger partial charge is 0.497 e. The Morgan fingerprint density at radius 3 is 1.92 bits per heavy atom. The van der Waals surface area contributed by atoms with E-state index in [1.807, 2.05) is 21.9 Å². The van der Waals surface area contributed by atoms with Crippen LogP contribution in [0.25, 0.3) is 0 Å². The topological polar surface area (TPSA) is 53.1 Å². The summed E-state index contributed by atoms with van der Waals surface area (Å²) in [5.41, 5.74) is 1.16. The van der Waals surface area contributed by atoms with E-state index in [1.54, 1.807) is 7.11 Å². The van der Waals surface area contributed by atoms with Crippen LogP contribution in [0.1, 0.15) is 19.3 Å². The minimum absolute atomic E-state index is 0.0554. The first kappa shape index (κ1) is 17.2. The quantitative estimate of drug-likeness (QED) is 0.821. The first-order valence-corrected chi connectivity index (χ1v) is 9.64. The average molecular weight is 357 g/mol. The number of carbonyl (C=O) groups excluding carboxylic acids is 2. The lowest BCUT2D eigenvalue weighted by Crippen LogP contribution is -2.49. The minimum atomic E-state index is -0.0735. The first-order valence-electron chi connectivity index (χ1n) is 9.64. The van der Waals surface area contributed by atoms with Gasteiger partial charge in [-0.15, -0.1) is 0 Å². The second-order valence-electron chi connectivity index (χ2n) is 7.49. The van der Waals surface area contributed by atoms with Gasteiger partial charge in [0.25, 0.3) is 0 Å². The van der Waals surface area contributed by atoms with Gasteiger partial charge >= 0.3 is 0 Å². The van der Waals surface area contributed by atoms with E-state index in [9.17, 15) is 9.59 Å². The second kappa shape index (κ2) is 7.17. The van der Waals surface area contributed by atoms with Crippen molar-refractivity contribution in [3.63, 3.8) is 0 Å². The van der Waals surface area contributed by atoms with Crippen molar-refractivity contribution in [2.75, 3.05) is 51.3 Å². The van der Waals surface area contributed by atoms with Crippen molar-refractivity contribution in [3.8, 4) is 5.75 Å². The van der Waals surface area contributed by atoms with Crippen LogP contribution in [-0.4, -0.2) is 68.0 Å². The molecular weight excluding hydrogens is 330 g/mol. The van der Waals surface area contributed by atoms with Gasteiger partial charge in [0, 0.05) is 45.0 Å². The molecule has 2 aliphatic heterocycles. The van der Waals surface area contributed by atoms with E-state index in [0.29, 0.717) is 0 Å². The van der Waals surface area contributed by atoms with Gasteiger partial charge in [0.1, 0.15) is 5.75 Å². The average Bonchev–Trinajstić information content (AvgIpc) is 3.31. The number of methoxy groups -OCH3 is 1. The van der Waals surface area contributed by atoms with Crippen LogP contribution in [0.5, 0.6) is 5.75 Å². The number of hydrogen-bond donors (Lipinski definition) is 0. The summed E-state index contributed by atoms with van der Waals surface area (Å²) in [6.45, 7) is 4.86. The Bertz CT molecular complexity index is 661. The molecule has 3 aliphatic rings. The van der Waals surface area contributed by atoms with Gasteiger partial charge in [0.05, 0.1) is 18.9 Å². The SMILES string of the molecule is COc1ccc(N2CCN(C(=O)C3CC3C(=O)N3CCCC3)CC2)cc1. The Morgan fingerprint density at radius 1 is 0.846 bits per heavy atom. The number of piperazine rings is 1. The van der Waals surface area contributed by atoms with Crippen molar-refractivity contribution in [1.82, 2.24) is 9.80 Å². The molecule has 0 aromatic heterocycles. The van der Waals surface area contributed by atoms with Crippen molar-refractivity contribution in [1.29, 1.82) is 0 Å². The number of amides is 2. The number of carbonyl (C=O) groups is 2. The number of rotatable bonds is 4. The molecule has 2 amide bonds. The molecule has 2 heterocycles. The molecule has 0 bridgehead atoms. The number of ether oxygens (including phenoxy) is 1. The Morgan fingerprint density at radius 2 is 1.38 bits per heavy atom. The molecule has 4 rings (SSSR count). The zero-order valence-corrected chi connectivity index (χ0v) is 15.4. The highest BCUT2D eigenvalue weighted by Gasteiger charge is 2.51. The molecule has 1 saturated carbocycles. The highest BCUT2D eigenvalue weighted by molar-refractivity contribution is 5.92. The van der Waals surface area contributed by atoms with Crippen LogP contribution in [0.15, 0.2) is 24.3 Å². The molecule has 2 unspecified atom stereocenters. The summed E-state index contributed by atoms with van der Waals surface area (Å²) in [6.07, 6.45) is 2.95. The van der Waals surface area contributed by atoms with E-state index in [2.05, 4.69) is 17.0 Å². The summed E-state index contributed by atoms with van der Waals surface area (Å²) in [5, 5.41) is 0. The Balaban J connectivity index is 1.28. The maximum Gasteiger partial charge on any atom is 0.226 e. The van der Waals surface area contributed by atoms with Gasteiger partial charge in [-0.1, -0.05) is 0 Å². The molecular formula is C20H27N3O3. The van der Waals surface area contributed by atoms with Crippen LogP contribution < -0.4 is 9.64 Å². The van der Waals surface area contributed by atoms with Gasteiger partial charge in [-0.3, -0.25) is 9.59 Å². The molecule has 6 nitrogen and oxygen atoms in total. The third-order valence-corrected chi connectivity index (χ3v) is 5.87. The Labute approximate surface area is 154 Å². The molecule has 2 atom stereocenters. The molecule has 2 saturated heterocycles. The maximum absolute atomic E-state index is 12.7. The first-order chi connectivity index (χ1) is 12.7. The summed E-state index contributed by atoms with van der Waals surface area (Å²) in [7, 11) is 1.67. The van der Waals surface area contributed by atoms with E-state index >= 15 is 0 Å². The predicted octanol–water partition coefficient (Wildman–Crippen LogP) is 1.60. The van der Waals surface area contributed by atoms with Gasteiger partial charge in [0.15, 0.2) is 0 Å². The van der Waals surface area contributed by atoms with Crippen LogP contribution in [0.2, 0.25) is 0 Å². The molecule has 6 heteroatoms. The Hall–Kier alpha value is -2.24. The van der Waals surface area contributed by atoms with E-state index < -0.39 is 0 Å². The second-order valence-corrected chi connectivity index (χ2v) is 7.49. The summed E-state index contributed by atoms with van der Waals surface area (Å²) in [6, 6.07) is 8.04. The third kappa shape index (κ3) is 3.37. The summed E-state index contributed by atoms with van der Waals surface area (Å²) < 4.78 is 5.20. The maximum atomic E-state index is 12.7. The number of nitrogens with zero attached hydrogens (tertiary/aromatic N) is 3. The van der Waals surface area contributed by atoms with Crippen molar-refractivity contribution in [3.05, 3.63) is 24.3 Å². The summed E-state index contributed by atoms with van der Waals surface area (Å²) >= 11 is 0. The van der Waals surface area contributed by atoms with Gasteiger partial charge in [0.2, 0.25) is 11.8 Å². The number of benzene rings is 1. The van der Waals surface area contributed by atoms with Gasteiger partial charge in [-0.25, -0.2) is 0 Å². The zero-order valence-electron chi connectivity index (χ0n) is 15.4. The fourth-order valence-electron chi connectivity index (χ4n) is 4.13. The van der Waals surface area contributed by atoms with Crippen molar-refractivity contribution < 1.29 is 14.3 Å². The number of likely N-dealkylation sites (tertiary alicyclic amines) is 1.